The number of carbonyl (C=O) groups excluding carboxylic acids is 1. The number of thiazole rings is 1. The number of para-hydroxylation sites is 2. The molecule has 0 spiro atoms. The number of halogens is 2. The first-order valence-corrected chi connectivity index (χ1v) is 7.06. The van der Waals surface area contributed by atoms with E-state index in [1.807, 2.05) is 17.5 Å². The molecular formula is C13H13Cl2N2O2S-. The van der Waals surface area contributed by atoms with E-state index in [1.54, 1.807) is 19.2 Å². The predicted octanol–water partition coefficient (Wildman–Crippen LogP) is 0.0757. The molecule has 0 saturated carbocycles. The maximum absolute atomic E-state index is 11.9. The van der Waals surface area contributed by atoms with Gasteiger partial charge in [-0.25, -0.2) is 4.98 Å². The molecule has 1 amide bonds. The minimum Gasteiger partial charge on any atom is -1.00 e. The van der Waals surface area contributed by atoms with Crippen molar-refractivity contribution in [3.8, 4) is 5.75 Å². The van der Waals surface area contributed by atoms with E-state index in [9.17, 15) is 4.79 Å². The van der Waals surface area contributed by atoms with Crippen molar-refractivity contribution in [2.45, 2.75) is 12.3 Å². The fourth-order valence-electron chi connectivity index (χ4n) is 1.57. The Labute approximate surface area is 132 Å². The van der Waals surface area contributed by atoms with Crippen LogP contribution in [-0.2, 0) is 17.1 Å². The molecule has 1 heterocycles. The topological polar surface area (TPSA) is 51.2 Å². The van der Waals surface area contributed by atoms with Crippen LogP contribution in [0.4, 0.5) is 5.69 Å². The molecule has 1 aromatic heterocycles. The number of anilines is 1. The lowest BCUT2D eigenvalue weighted by Crippen LogP contribution is -3.00. The number of amides is 1. The number of aromatic nitrogens is 1. The maximum atomic E-state index is 11.9. The number of nitrogens with one attached hydrogen (secondary N) is 1. The Morgan fingerprint density at radius 3 is 2.85 bits per heavy atom. The summed E-state index contributed by atoms with van der Waals surface area (Å²) in [6.07, 6.45) is 0.236. The van der Waals surface area contributed by atoms with Crippen LogP contribution in [0.25, 0.3) is 0 Å². The molecule has 0 aliphatic rings. The van der Waals surface area contributed by atoms with E-state index >= 15 is 0 Å². The third-order valence-electron chi connectivity index (χ3n) is 2.43. The number of nitrogens with zero attached hydrogens (tertiary/aromatic N) is 1. The van der Waals surface area contributed by atoms with Crippen molar-refractivity contribution in [2.75, 3.05) is 12.4 Å². The first-order chi connectivity index (χ1) is 9.22. The predicted molar refractivity (Wildman–Crippen MR) is 77.0 cm³/mol. The molecule has 1 aromatic carbocycles. The smallest absolute Gasteiger partial charge is 0.231 e. The highest BCUT2D eigenvalue weighted by atomic mass is 35.5. The second-order valence-corrected chi connectivity index (χ2v) is 5.00. The van der Waals surface area contributed by atoms with Crippen molar-refractivity contribution in [3.63, 3.8) is 0 Å². The zero-order valence-electron chi connectivity index (χ0n) is 10.7. The second-order valence-electron chi connectivity index (χ2n) is 3.79. The molecule has 0 fully saturated rings. The molecule has 0 aliphatic carbocycles. The van der Waals surface area contributed by atoms with Crippen molar-refractivity contribution < 1.29 is 21.9 Å². The molecule has 1 N–H and O–H groups in total. The van der Waals surface area contributed by atoms with Gasteiger partial charge in [-0.3, -0.25) is 4.79 Å². The molecule has 0 bridgehead atoms. The van der Waals surface area contributed by atoms with Crippen LogP contribution in [0, 0.1) is 0 Å². The van der Waals surface area contributed by atoms with Crippen LogP contribution >= 0.6 is 22.9 Å². The van der Waals surface area contributed by atoms with Gasteiger partial charge >= 0.3 is 0 Å². The molecule has 0 aliphatic heterocycles. The molecule has 20 heavy (non-hydrogen) atoms. The summed E-state index contributed by atoms with van der Waals surface area (Å²) in [5.74, 6) is 0.876. The molecule has 2 rings (SSSR count). The van der Waals surface area contributed by atoms with E-state index in [-0.39, 0.29) is 24.7 Å². The largest absolute Gasteiger partial charge is 1.00 e. The average Bonchev–Trinajstić information content (AvgIpc) is 2.87. The first-order valence-electron chi connectivity index (χ1n) is 5.65. The number of benzene rings is 1. The van der Waals surface area contributed by atoms with Crippen molar-refractivity contribution in [1.82, 2.24) is 4.98 Å². The molecular weight excluding hydrogens is 319 g/mol. The van der Waals surface area contributed by atoms with E-state index in [1.165, 1.54) is 11.3 Å². The van der Waals surface area contributed by atoms with Crippen molar-refractivity contribution in [1.29, 1.82) is 0 Å². The lowest BCUT2D eigenvalue weighted by Gasteiger charge is -2.08. The molecule has 0 atom stereocenters. The van der Waals surface area contributed by atoms with Crippen molar-refractivity contribution >= 4 is 34.5 Å². The van der Waals surface area contributed by atoms with Crippen LogP contribution in [0.15, 0.2) is 29.6 Å². The Morgan fingerprint density at radius 2 is 2.20 bits per heavy atom. The van der Waals surface area contributed by atoms with Crippen LogP contribution in [0.5, 0.6) is 5.75 Å². The van der Waals surface area contributed by atoms with E-state index in [0.717, 1.165) is 10.7 Å². The number of methoxy groups -OCH3 is 1. The van der Waals surface area contributed by atoms with Gasteiger partial charge in [0.05, 0.1) is 30.8 Å². The average molecular weight is 332 g/mol. The van der Waals surface area contributed by atoms with Gasteiger partial charge in [0, 0.05) is 5.38 Å². The van der Waals surface area contributed by atoms with Crippen LogP contribution in [0.3, 0.4) is 0 Å². The summed E-state index contributed by atoms with van der Waals surface area (Å²) in [6.45, 7) is 0. The van der Waals surface area contributed by atoms with Gasteiger partial charge in [0.2, 0.25) is 5.91 Å². The second kappa shape index (κ2) is 8.09. The highest BCUT2D eigenvalue weighted by molar-refractivity contribution is 7.09. The fourth-order valence-corrected chi connectivity index (χ4v) is 2.59. The summed E-state index contributed by atoms with van der Waals surface area (Å²) >= 11 is 7.11. The van der Waals surface area contributed by atoms with Gasteiger partial charge in [-0.2, -0.15) is 0 Å². The highest BCUT2D eigenvalue weighted by Crippen LogP contribution is 2.23. The zero-order valence-corrected chi connectivity index (χ0v) is 13.1. The summed E-state index contributed by atoms with van der Waals surface area (Å²) in [5, 5.41) is 5.42. The van der Waals surface area contributed by atoms with Crippen LogP contribution in [0.1, 0.15) is 10.7 Å². The van der Waals surface area contributed by atoms with Crippen LogP contribution < -0.4 is 22.5 Å². The highest BCUT2D eigenvalue weighted by Gasteiger charge is 2.10. The normalized spacial score (nSPS) is 9.70. The first kappa shape index (κ1) is 16.8. The Balaban J connectivity index is 0.00000200. The van der Waals surface area contributed by atoms with E-state index in [0.29, 0.717) is 17.3 Å². The SMILES string of the molecule is COc1ccccc1NC(=O)Cc1nc(CCl)cs1.[Cl-]. The minimum atomic E-state index is -0.125. The summed E-state index contributed by atoms with van der Waals surface area (Å²) < 4.78 is 5.17. The number of hydrogen-bond donors (Lipinski definition) is 1. The molecule has 4 nitrogen and oxygen atoms in total. The Morgan fingerprint density at radius 1 is 1.45 bits per heavy atom. The monoisotopic (exact) mass is 331 g/mol. The molecule has 0 unspecified atom stereocenters. The van der Waals surface area contributed by atoms with Crippen LogP contribution in [-0.4, -0.2) is 18.0 Å². The van der Waals surface area contributed by atoms with Crippen molar-refractivity contribution in [3.05, 3.63) is 40.3 Å². The number of alkyl halides is 1. The van der Waals surface area contributed by atoms with E-state index in [4.69, 9.17) is 16.3 Å². The summed E-state index contributed by atoms with van der Waals surface area (Å²) in [6, 6.07) is 7.28. The third kappa shape index (κ3) is 4.37. The summed E-state index contributed by atoms with van der Waals surface area (Å²) in [4.78, 5) is 16.2. The molecule has 0 radical (unpaired) electrons. The Bertz CT molecular complexity index is 575. The van der Waals surface area contributed by atoms with Gasteiger partial charge < -0.3 is 22.5 Å². The van der Waals surface area contributed by atoms with Gasteiger partial charge in [-0.15, -0.1) is 22.9 Å². The van der Waals surface area contributed by atoms with Gasteiger partial charge in [0.15, 0.2) is 0 Å². The summed E-state index contributed by atoms with van der Waals surface area (Å²) in [5.41, 5.74) is 1.45. The molecule has 2 aromatic rings. The number of carbonyl (C=O) groups is 1. The Hall–Kier alpha value is -1.30. The lowest BCUT2D eigenvalue weighted by molar-refractivity contribution is -0.115. The fraction of sp³-hybridized carbons (Fsp3) is 0.231. The quantitative estimate of drug-likeness (QED) is 0.789. The standard InChI is InChI=1S/C13H13ClN2O2S.ClH/c1-18-11-5-3-2-4-10(11)16-12(17)6-13-15-9(7-14)8-19-13;/h2-5,8H,6-7H2,1H3,(H,16,17);1H/p-1. The number of ether oxygens (including phenoxy) is 1. The van der Waals surface area contributed by atoms with E-state index in [2.05, 4.69) is 10.3 Å². The third-order valence-corrected chi connectivity index (χ3v) is 3.60. The van der Waals surface area contributed by atoms with Gasteiger partial charge in [-0.05, 0) is 12.1 Å². The minimum absolute atomic E-state index is 0. The van der Waals surface area contributed by atoms with E-state index < -0.39 is 0 Å². The zero-order chi connectivity index (χ0) is 13.7. The van der Waals surface area contributed by atoms with Crippen molar-refractivity contribution in [2.24, 2.45) is 0 Å². The van der Waals surface area contributed by atoms with Gasteiger partial charge in [-0.1, -0.05) is 12.1 Å². The van der Waals surface area contributed by atoms with Gasteiger partial charge in [0.1, 0.15) is 10.8 Å². The molecule has 108 valence electrons. The summed E-state index contributed by atoms with van der Waals surface area (Å²) in [7, 11) is 1.57. The maximum Gasteiger partial charge on any atom is 0.231 e. The Kier molecular flexibility index (Phi) is 6.78. The number of rotatable bonds is 5. The van der Waals surface area contributed by atoms with Gasteiger partial charge in [0.25, 0.3) is 0 Å². The molecule has 7 heteroatoms. The lowest BCUT2D eigenvalue weighted by atomic mass is 10.3. The number of hydrogen-bond acceptors (Lipinski definition) is 4. The molecule has 0 saturated heterocycles. The van der Waals surface area contributed by atoms with Crippen LogP contribution in [0.2, 0.25) is 0 Å².